The van der Waals surface area contributed by atoms with Crippen LogP contribution in [0, 0.1) is 16.0 Å². The summed E-state index contributed by atoms with van der Waals surface area (Å²) in [5, 5.41) is 11.6. The molecule has 3 heterocycles. The van der Waals surface area contributed by atoms with Crippen LogP contribution in [0.1, 0.15) is 50.8 Å². The van der Waals surface area contributed by atoms with Gasteiger partial charge in [0.05, 0.1) is 40.5 Å². The van der Waals surface area contributed by atoms with E-state index in [1.54, 1.807) is 45.2 Å². The van der Waals surface area contributed by atoms with E-state index in [0.29, 0.717) is 37.8 Å². The number of hydrogen-bond acceptors (Lipinski definition) is 9. The van der Waals surface area contributed by atoms with Crippen LogP contribution in [0.4, 0.5) is 11.4 Å². The number of aromatic nitrogens is 1. The van der Waals surface area contributed by atoms with Crippen LogP contribution in [0.5, 0.6) is 5.75 Å². The first-order chi connectivity index (χ1) is 19.7. The summed E-state index contributed by atoms with van der Waals surface area (Å²) < 4.78 is 12.5. The Balaban J connectivity index is 1.69. The molecule has 11 heteroatoms. The molecular formula is C30H32N4O6S. The number of piperidine rings is 1. The summed E-state index contributed by atoms with van der Waals surface area (Å²) in [5.74, 6) is 0.722. The first kappa shape index (κ1) is 28.3. The topological polar surface area (TPSA) is 116 Å². The van der Waals surface area contributed by atoms with E-state index in [1.165, 1.54) is 28.0 Å². The number of rotatable bonds is 7. The molecule has 0 amide bonds. The van der Waals surface area contributed by atoms with E-state index >= 15 is 0 Å². The molecule has 41 heavy (non-hydrogen) atoms. The average Bonchev–Trinajstić information content (AvgIpc) is 3.26. The van der Waals surface area contributed by atoms with Crippen LogP contribution < -0.4 is 24.5 Å². The number of esters is 1. The number of nitrogens with zero attached hydrogens (tertiary/aromatic N) is 4. The third kappa shape index (κ3) is 5.54. The van der Waals surface area contributed by atoms with Gasteiger partial charge in [-0.05, 0) is 62.4 Å². The summed E-state index contributed by atoms with van der Waals surface area (Å²) in [6.45, 7) is 7.53. The molecule has 1 fully saturated rings. The summed E-state index contributed by atoms with van der Waals surface area (Å²) in [6, 6.07) is 11.2. The lowest BCUT2D eigenvalue weighted by molar-refractivity contribution is -0.384. The number of non-ortho nitro benzene ring substituents is 1. The Morgan fingerprint density at radius 1 is 1.20 bits per heavy atom. The van der Waals surface area contributed by atoms with Crippen molar-refractivity contribution in [2.75, 3.05) is 31.7 Å². The molecule has 1 saturated heterocycles. The molecule has 1 atom stereocenters. The smallest absolute Gasteiger partial charge is 0.338 e. The lowest BCUT2D eigenvalue weighted by atomic mass is 9.96. The number of fused-ring (bicyclic) bond motifs is 1. The fourth-order valence-corrected chi connectivity index (χ4v) is 6.38. The van der Waals surface area contributed by atoms with Crippen LogP contribution in [-0.4, -0.2) is 42.3 Å². The quantitative estimate of drug-likeness (QED) is 0.238. The SMILES string of the molecule is CCOC(=O)C1=C(C)N=c2s/c(=C/c3cc([N+](=O)[O-])ccc3N3CCC(C)CC3)c(=O)n2[C@@H]1c1ccc(OC)cc1. The predicted molar refractivity (Wildman–Crippen MR) is 157 cm³/mol. The van der Waals surface area contributed by atoms with Gasteiger partial charge in [0.25, 0.3) is 11.2 Å². The minimum atomic E-state index is -0.758. The van der Waals surface area contributed by atoms with Crippen LogP contribution in [0.3, 0.4) is 0 Å². The van der Waals surface area contributed by atoms with E-state index < -0.39 is 16.9 Å². The molecule has 2 aliphatic rings. The van der Waals surface area contributed by atoms with Crippen molar-refractivity contribution in [3.05, 3.63) is 94.7 Å². The Morgan fingerprint density at radius 2 is 1.90 bits per heavy atom. The molecule has 0 bridgehead atoms. The second kappa shape index (κ2) is 11.7. The Bertz CT molecular complexity index is 1700. The zero-order valence-electron chi connectivity index (χ0n) is 23.5. The molecule has 0 N–H and O–H groups in total. The van der Waals surface area contributed by atoms with Gasteiger partial charge in [-0.2, -0.15) is 0 Å². The van der Waals surface area contributed by atoms with Gasteiger partial charge in [-0.25, -0.2) is 9.79 Å². The molecule has 2 aromatic carbocycles. The Hall–Kier alpha value is -4.25. The van der Waals surface area contributed by atoms with E-state index in [9.17, 15) is 19.7 Å². The minimum Gasteiger partial charge on any atom is -0.497 e. The van der Waals surface area contributed by atoms with Crippen LogP contribution in [0.15, 0.2) is 63.5 Å². The number of carbonyl (C=O) groups is 1. The Kier molecular flexibility index (Phi) is 8.07. The molecule has 5 rings (SSSR count). The maximum absolute atomic E-state index is 14.0. The van der Waals surface area contributed by atoms with Crippen LogP contribution in [0.2, 0.25) is 0 Å². The van der Waals surface area contributed by atoms with Crippen molar-refractivity contribution in [2.24, 2.45) is 10.9 Å². The summed E-state index contributed by atoms with van der Waals surface area (Å²) in [6.07, 6.45) is 3.76. The molecule has 0 saturated carbocycles. The summed E-state index contributed by atoms with van der Waals surface area (Å²) in [5.41, 5.74) is 2.52. The molecule has 0 aliphatic carbocycles. The molecule has 2 aliphatic heterocycles. The van der Waals surface area contributed by atoms with Crippen molar-refractivity contribution < 1.29 is 19.2 Å². The molecule has 0 unspecified atom stereocenters. The standard InChI is InChI=1S/C30H32N4O6S/c1-5-40-29(36)26-19(3)31-30-33(27(26)20-6-9-23(39-4)10-7-20)28(35)25(41-30)17-21-16-22(34(37)38)8-11-24(21)32-14-12-18(2)13-15-32/h6-11,16-18,27H,5,12-15H2,1-4H3/b25-17+/t27-/m1/s1. The van der Waals surface area contributed by atoms with Gasteiger partial charge in [0, 0.05) is 36.5 Å². The number of carbonyl (C=O) groups excluding carboxylic acids is 1. The number of hydrogen-bond donors (Lipinski definition) is 0. The minimum absolute atomic E-state index is 0.0466. The largest absolute Gasteiger partial charge is 0.497 e. The highest BCUT2D eigenvalue weighted by molar-refractivity contribution is 7.07. The van der Waals surface area contributed by atoms with Crippen molar-refractivity contribution in [1.29, 1.82) is 0 Å². The van der Waals surface area contributed by atoms with Crippen LogP contribution >= 0.6 is 11.3 Å². The number of nitro benzene ring substituents is 1. The van der Waals surface area contributed by atoms with Crippen molar-refractivity contribution in [3.63, 3.8) is 0 Å². The zero-order valence-corrected chi connectivity index (χ0v) is 24.3. The molecule has 10 nitrogen and oxygen atoms in total. The van der Waals surface area contributed by atoms with Crippen LogP contribution in [-0.2, 0) is 9.53 Å². The summed E-state index contributed by atoms with van der Waals surface area (Å²) in [7, 11) is 1.57. The second-order valence-electron chi connectivity index (χ2n) is 10.2. The lowest BCUT2D eigenvalue weighted by Crippen LogP contribution is -2.40. The molecule has 1 aromatic heterocycles. The highest BCUT2D eigenvalue weighted by atomic mass is 32.1. The number of anilines is 1. The van der Waals surface area contributed by atoms with Gasteiger partial charge in [0.2, 0.25) is 0 Å². The van der Waals surface area contributed by atoms with Crippen molar-refractivity contribution in [1.82, 2.24) is 4.57 Å². The monoisotopic (exact) mass is 576 g/mol. The van der Waals surface area contributed by atoms with E-state index in [4.69, 9.17) is 9.47 Å². The molecule has 214 valence electrons. The number of ether oxygens (including phenoxy) is 2. The first-order valence-electron chi connectivity index (χ1n) is 13.6. The van der Waals surface area contributed by atoms with E-state index in [-0.39, 0.29) is 23.4 Å². The van der Waals surface area contributed by atoms with E-state index in [0.717, 1.165) is 31.6 Å². The lowest BCUT2D eigenvalue weighted by Gasteiger charge is -2.33. The summed E-state index contributed by atoms with van der Waals surface area (Å²) >= 11 is 1.19. The molecule has 0 spiro atoms. The zero-order chi connectivity index (χ0) is 29.3. The van der Waals surface area contributed by atoms with Gasteiger partial charge in [-0.15, -0.1) is 0 Å². The van der Waals surface area contributed by atoms with Gasteiger partial charge < -0.3 is 14.4 Å². The fraction of sp³-hybridized carbons (Fsp3) is 0.367. The predicted octanol–water partition coefficient (Wildman–Crippen LogP) is 3.95. The Labute approximate surface area is 241 Å². The highest BCUT2D eigenvalue weighted by Crippen LogP contribution is 2.32. The third-order valence-electron chi connectivity index (χ3n) is 7.58. The normalized spacial score (nSPS) is 17.7. The maximum Gasteiger partial charge on any atom is 0.338 e. The van der Waals surface area contributed by atoms with Crippen molar-refractivity contribution >= 4 is 34.8 Å². The number of allylic oxidation sites excluding steroid dienone is 1. The van der Waals surface area contributed by atoms with Gasteiger partial charge in [0.1, 0.15) is 5.75 Å². The fourth-order valence-electron chi connectivity index (χ4n) is 5.34. The number of nitro groups is 1. The summed E-state index contributed by atoms with van der Waals surface area (Å²) in [4.78, 5) is 45.7. The number of thiazole rings is 1. The first-order valence-corrected chi connectivity index (χ1v) is 14.4. The third-order valence-corrected chi connectivity index (χ3v) is 8.56. The Morgan fingerprint density at radius 3 is 2.54 bits per heavy atom. The van der Waals surface area contributed by atoms with Crippen molar-refractivity contribution in [2.45, 2.75) is 39.7 Å². The molecule has 0 radical (unpaired) electrons. The van der Waals surface area contributed by atoms with Gasteiger partial charge >= 0.3 is 5.97 Å². The van der Waals surface area contributed by atoms with Gasteiger partial charge in [0.15, 0.2) is 4.80 Å². The highest BCUT2D eigenvalue weighted by Gasteiger charge is 2.33. The molecule has 3 aromatic rings. The number of methoxy groups -OCH3 is 1. The van der Waals surface area contributed by atoms with Crippen molar-refractivity contribution in [3.8, 4) is 5.75 Å². The van der Waals surface area contributed by atoms with Gasteiger partial charge in [-0.3, -0.25) is 19.5 Å². The molecular weight excluding hydrogens is 544 g/mol. The second-order valence-corrected chi connectivity index (χ2v) is 11.3. The van der Waals surface area contributed by atoms with Crippen LogP contribution in [0.25, 0.3) is 6.08 Å². The van der Waals surface area contributed by atoms with Gasteiger partial charge in [-0.1, -0.05) is 30.4 Å². The maximum atomic E-state index is 14.0. The van der Waals surface area contributed by atoms with E-state index in [2.05, 4.69) is 16.8 Å². The van der Waals surface area contributed by atoms with E-state index in [1.807, 2.05) is 12.1 Å². The number of benzene rings is 2. The average molecular weight is 577 g/mol.